The van der Waals surface area contributed by atoms with Crippen LogP contribution < -0.4 is 15.2 Å². The van der Waals surface area contributed by atoms with Gasteiger partial charge in [0.05, 0.1) is 16.1 Å². The third-order valence-corrected chi connectivity index (χ3v) is 5.22. The number of anilines is 1. The lowest BCUT2D eigenvalue weighted by Crippen LogP contribution is -2.49. The predicted molar refractivity (Wildman–Crippen MR) is 68.2 cm³/mol. The molecular weight excluding hydrogens is 367 g/mol. The van der Waals surface area contributed by atoms with Gasteiger partial charge in [0.25, 0.3) is 0 Å². The Hall–Kier alpha value is -1.90. The van der Waals surface area contributed by atoms with Crippen LogP contribution in [0.1, 0.15) is 5.56 Å². The molecule has 0 saturated heterocycles. The van der Waals surface area contributed by atoms with E-state index in [1.165, 1.54) is 0 Å². The summed E-state index contributed by atoms with van der Waals surface area (Å²) in [6.45, 7) is 0. The predicted octanol–water partition coefficient (Wildman–Crippen LogP) is -0.533. The molecule has 1 aromatic rings. The third-order valence-electron chi connectivity index (χ3n) is 2.80. The van der Waals surface area contributed by atoms with Gasteiger partial charge in [-0.05, 0) is 12.1 Å². The Morgan fingerprint density at radius 1 is 1.30 bits per heavy atom. The van der Waals surface area contributed by atoms with Crippen LogP contribution in [0.3, 0.4) is 0 Å². The Bertz CT molecular complexity index is 894. The number of hydrogen-bond acceptors (Lipinski definition) is 6. The van der Waals surface area contributed by atoms with Gasteiger partial charge in [-0.3, -0.25) is 0 Å². The molecule has 1 heterocycles. The number of aliphatic carboxylic acids is 1. The van der Waals surface area contributed by atoms with Crippen LogP contribution in [-0.2, 0) is 31.0 Å². The van der Waals surface area contributed by atoms with Crippen LogP contribution in [0, 0.1) is 0 Å². The molecule has 0 aliphatic carbocycles. The van der Waals surface area contributed by atoms with Gasteiger partial charge < -0.3 is 10.4 Å². The zero-order valence-electron chi connectivity index (χ0n) is 10.7. The summed E-state index contributed by atoms with van der Waals surface area (Å²) in [5.41, 5.74) is -2.43. The van der Waals surface area contributed by atoms with Crippen molar-refractivity contribution < 1.29 is 39.9 Å². The summed E-state index contributed by atoms with van der Waals surface area (Å²) >= 11 is 0. The van der Waals surface area contributed by atoms with Gasteiger partial charge in [-0.15, -0.1) is 0 Å². The summed E-state index contributed by atoms with van der Waals surface area (Å²) in [5, 5.41) is 15.5. The molecule has 14 heteroatoms. The smallest absolute Gasteiger partial charge is 0.417 e. The van der Waals surface area contributed by atoms with E-state index in [9.17, 15) is 34.8 Å². The molecule has 0 spiro atoms. The highest BCUT2D eigenvalue weighted by molar-refractivity contribution is 7.90. The van der Waals surface area contributed by atoms with Gasteiger partial charge in [-0.1, -0.05) is 0 Å². The summed E-state index contributed by atoms with van der Waals surface area (Å²) in [4.78, 5) is 8.52. The van der Waals surface area contributed by atoms with E-state index in [0.717, 1.165) is 0 Å². The molecule has 23 heavy (non-hydrogen) atoms. The van der Waals surface area contributed by atoms with Gasteiger partial charge in [-0.25, -0.2) is 26.8 Å². The number of benzene rings is 1. The van der Waals surface area contributed by atoms with E-state index in [0.29, 0.717) is 0 Å². The molecule has 1 atom stereocenters. The summed E-state index contributed by atoms with van der Waals surface area (Å²) in [7, 11) is -9.45. The van der Waals surface area contributed by atoms with Gasteiger partial charge in [-0.2, -0.15) is 17.9 Å². The number of rotatable bonds is 2. The number of carboxylic acids is 1. The topological polar surface area (TPSA) is 156 Å². The molecule has 5 N–H and O–H groups in total. The zero-order chi connectivity index (χ0) is 17.8. The van der Waals surface area contributed by atoms with Crippen LogP contribution in [0.5, 0.6) is 0 Å². The van der Waals surface area contributed by atoms with Crippen molar-refractivity contribution in [3.8, 4) is 0 Å². The number of halogens is 3. The van der Waals surface area contributed by atoms with Crippen molar-refractivity contribution in [1.29, 1.82) is 0 Å². The number of fused-ring (bicyclic) bond motifs is 1. The first-order valence-electron chi connectivity index (χ1n) is 5.53. The lowest BCUT2D eigenvalue weighted by Gasteiger charge is -2.26. The maximum atomic E-state index is 13.0. The summed E-state index contributed by atoms with van der Waals surface area (Å²) in [5.74, 6) is -1.69. The van der Waals surface area contributed by atoms with E-state index < -0.39 is 59.4 Å². The summed E-state index contributed by atoms with van der Waals surface area (Å²) in [6, 6.07) is 0.407. The fourth-order valence-electron chi connectivity index (χ4n) is 1.87. The quantitative estimate of drug-likeness (QED) is 0.541. The molecule has 1 aliphatic heterocycles. The van der Waals surface area contributed by atoms with Crippen molar-refractivity contribution in [3.63, 3.8) is 0 Å². The lowest BCUT2D eigenvalue weighted by molar-refractivity contribution is -0.140. The van der Waals surface area contributed by atoms with Gasteiger partial charge >= 0.3 is 12.1 Å². The average Bonchev–Trinajstić information content (AvgIpc) is 2.34. The molecule has 0 fully saturated rings. The highest BCUT2D eigenvalue weighted by atomic mass is 32.2. The van der Waals surface area contributed by atoms with E-state index in [-0.39, 0.29) is 12.1 Å². The first-order valence-corrected chi connectivity index (χ1v) is 8.56. The van der Waals surface area contributed by atoms with Crippen molar-refractivity contribution in [2.24, 2.45) is 5.14 Å². The normalized spacial score (nSPS) is 20.4. The number of sulfonamides is 2. The zero-order valence-corrected chi connectivity index (χ0v) is 12.4. The monoisotopic (exact) mass is 375 g/mol. The van der Waals surface area contributed by atoms with Crippen molar-refractivity contribution in [2.45, 2.75) is 22.1 Å². The molecule has 1 aliphatic rings. The minimum Gasteiger partial charge on any atom is -0.479 e. The third kappa shape index (κ3) is 3.24. The number of alkyl halides is 3. The van der Waals surface area contributed by atoms with E-state index >= 15 is 0 Å². The maximum Gasteiger partial charge on any atom is 0.417 e. The van der Waals surface area contributed by atoms with E-state index in [4.69, 9.17) is 10.2 Å². The molecule has 0 radical (unpaired) electrons. The SMILES string of the molecule is NS(=O)(=O)c1cc2c(cc1C(F)(F)F)NC(C(=O)O)NS2(=O)=O. The first-order chi connectivity index (χ1) is 10.2. The second-order valence-electron chi connectivity index (χ2n) is 4.42. The van der Waals surface area contributed by atoms with Crippen molar-refractivity contribution in [2.75, 3.05) is 5.32 Å². The molecule has 0 amide bonds. The Morgan fingerprint density at radius 2 is 1.87 bits per heavy atom. The van der Waals surface area contributed by atoms with Crippen molar-refractivity contribution >= 4 is 31.7 Å². The van der Waals surface area contributed by atoms with Gasteiger partial charge in [0.1, 0.15) is 4.90 Å². The number of hydrogen-bond donors (Lipinski definition) is 4. The van der Waals surface area contributed by atoms with Gasteiger partial charge in [0.2, 0.25) is 20.0 Å². The number of primary sulfonamides is 1. The van der Waals surface area contributed by atoms with E-state index in [1.807, 2.05) is 5.32 Å². The maximum absolute atomic E-state index is 13.0. The molecule has 0 bridgehead atoms. The summed E-state index contributed by atoms with van der Waals surface area (Å²) < 4.78 is 87.0. The molecule has 0 aromatic heterocycles. The number of nitrogens with two attached hydrogens (primary N) is 1. The standard InChI is InChI=1S/C9H8F3N3O6S2/c10-9(11,12)3-1-4-6(2-5(3)22(13,18)19)23(20,21)15-7(14-4)8(16)17/h1-2,7,14-15H,(H,16,17)(H2,13,18,19). The first kappa shape index (κ1) is 17.5. The van der Waals surface area contributed by atoms with E-state index in [1.54, 1.807) is 4.72 Å². The molecule has 128 valence electrons. The highest BCUT2D eigenvalue weighted by Crippen LogP contribution is 2.39. The van der Waals surface area contributed by atoms with Crippen LogP contribution in [0.25, 0.3) is 0 Å². The van der Waals surface area contributed by atoms with Crippen molar-refractivity contribution in [1.82, 2.24) is 4.72 Å². The second kappa shape index (κ2) is 5.05. The second-order valence-corrected chi connectivity index (χ2v) is 7.64. The molecular formula is C9H8F3N3O6S2. The highest BCUT2D eigenvalue weighted by Gasteiger charge is 2.41. The molecule has 9 nitrogen and oxygen atoms in total. The van der Waals surface area contributed by atoms with Gasteiger partial charge in [0.15, 0.2) is 6.17 Å². The van der Waals surface area contributed by atoms with Crippen LogP contribution in [0.2, 0.25) is 0 Å². The van der Waals surface area contributed by atoms with Crippen LogP contribution in [0.4, 0.5) is 18.9 Å². The number of carbonyl (C=O) groups is 1. The fraction of sp³-hybridized carbons (Fsp3) is 0.222. The van der Waals surface area contributed by atoms with Gasteiger partial charge in [0, 0.05) is 0 Å². The average molecular weight is 375 g/mol. The fourth-order valence-corrected chi connectivity index (χ4v) is 3.98. The Morgan fingerprint density at radius 3 is 2.30 bits per heavy atom. The molecule has 1 aromatic carbocycles. The van der Waals surface area contributed by atoms with Crippen molar-refractivity contribution in [3.05, 3.63) is 17.7 Å². The Balaban J connectivity index is 2.82. The minimum atomic E-state index is -5.16. The molecule has 0 saturated carbocycles. The lowest BCUT2D eigenvalue weighted by atomic mass is 10.2. The Labute approximate surface area is 127 Å². The molecule has 1 unspecified atom stereocenters. The minimum absolute atomic E-state index is 0.184. The number of carboxylic acid groups (broad SMARTS) is 1. The Kier molecular flexibility index (Phi) is 3.83. The van der Waals surface area contributed by atoms with Crippen LogP contribution in [-0.4, -0.2) is 34.1 Å². The van der Waals surface area contributed by atoms with Crippen LogP contribution >= 0.6 is 0 Å². The number of nitrogens with one attached hydrogen (secondary N) is 2. The van der Waals surface area contributed by atoms with E-state index in [2.05, 4.69) is 0 Å². The summed E-state index contributed by atoms with van der Waals surface area (Å²) in [6.07, 6.45) is -7.07. The molecule has 2 rings (SSSR count). The van der Waals surface area contributed by atoms with Crippen LogP contribution in [0.15, 0.2) is 21.9 Å². The largest absolute Gasteiger partial charge is 0.479 e.